The van der Waals surface area contributed by atoms with E-state index in [1.165, 1.54) is 6.26 Å². The SMILES string of the molecule is C=CC=COC(=O)C1CCC1. The van der Waals surface area contributed by atoms with Crippen LogP contribution >= 0.6 is 0 Å². The fourth-order valence-corrected chi connectivity index (χ4v) is 0.902. The molecule has 60 valence electrons. The molecule has 1 fully saturated rings. The van der Waals surface area contributed by atoms with Gasteiger partial charge < -0.3 is 4.74 Å². The highest BCUT2D eigenvalue weighted by atomic mass is 16.5. The molecule has 2 nitrogen and oxygen atoms in total. The molecule has 0 spiro atoms. The third-order valence-corrected chi connectivity index (χ3v) is 1.84. The molecule has 1 aliphatic rings. The van der Waals surface area contributed by atoms with Crippen LogP contribution in [0.3, 0.4) is 0 Å². The second-order valence-corrected chi connectivity index (χ2v) is 2.63. The lowest BCUT2D eigenvalue weighted by atomic mass is 9.86. The standard InChI is InChI=1S/C9H12O2/c1-2-3-7-11-9(10)8-5-4-6-8/h2-3,7-8H,1,4-6H2. The van der Waals surface area contributed by atoms with Gasteiger partial charge in [-0.3, -0.25) is 4.79 Å². The molecule has 2 heteroatoms. The smallest absolute Gasteiger partial charge is 0.313 e. The van der Waals surface area contributed by atoms with Gasteiger partial charge in [-0.1, -0.05) is 19.1 Å². The number of hydrogen-bond acceptors (Lipinski definition) is 2. The monoisotopic (exact) mass is 152 g/mol. The van der Waals surface area contributed by atoms with Crippen molar-refractivity contribution < 1.29 is 9.53 Å². The average Bonchev–Trinajstić information content (AvgIpc) is 1.84. The summed E-state index contributed by atoms with van der Waals surface area (Å²) in [5.74, 6) is 0.0545. The summed E-state index contributed by atoms with van der Waals surface area (Å²) in [5.41, 5.74) is 0. The van der Waals surface area contributed by atoms with E-state index in [0.29, 0.717) is 0 Å². The first-order chi connectivity index (χ1) is 5.34. The minimum Gasteiger partial charge on any atom is -0.434 e. The van der Waals surface area contributed by atoms with Gasteiger partial charge in [-0.25, -0.2) is 0 Å². The molecule has 0 aromatic carbocycles. The Morgan fingerprint density at radius 1 is 1.55 bits per heavy atom. The van der Waals surface area contributed by atoms with Gasteiger partial charge in [0.25, 0.3) is 0 Å². The number of carbonyl (C=O) groups is 1. The van der Waals surface area contributed by atoms with E-state index in [4.69, 9.17) is 4.74 Å². The molecule has 0 amide bonds. The summed E-state index contributed by atoms with van der Waals surface area (Å²) in [6.07, 6.45) is 7.70. The van der Waals surface area contributed by atoms with Crippen LogP contribution in [-0.4, -0.2) is 5.97 Å². The van der Waals surface area contributed by atoms with E-state index in [1.54, 1.807) is 12.2 Å². The van der Waals surface area contributed by atoms with Gasteiger partial charge in [-0.05, 0) is 18.9 Å². The summed E-state index contributed by atoms with van der Waals surface area (Å²) >= 11 is 0. The molecule has 0 bridgehead atoms. The van der Waals surface area contributed by atoms with Crippen molar-refractivity contribution >= 4 is 5.97 Å². The van der Waals surface area contributed by atoms with Crippen LogP contribution in [0.2, 0.25) is 0 Å². The van der Waals surface area contributed by atoms with Gasteiger partial charge in [0.2, 0.25) is 0 Å². The predicted molar refractivity (Wildman–Crippen MR) is 42.8 cm³/mol. The molecule has 0 aromatic rings. The van der Waals surface area contributed by atoms with Crippen molar-refractivity contribution in [2.75, 3.05) is 0 Å². The molecule has 1 rings (SSSR count). The summed E-state index contributed by atoms with van der Waals surface area (Å²) in [7, 11) is 0. The second kappa shape index (κ2) is 3.96. The van der Waals surface area contributed by atoms with Gasteiger partial charge in [-0.15, -0.1) is 0 Å². The Hall–Kier alpha value is -1.05. The van der Waals surface area contributed by atoms with Crippen LogP contribution in [0.15, 0.2) is 25.0 Å². The van der Waals surface area contributed by atoms with E-state index in [2.05, 4.69) is 6.58 Å². The number of allylic oxidation sites excluding steroid dienone is 2. The van der Waals surface area contributed by atoms with Crippen LogP contribution in [0, 0.1) is 5.92 Å². The van der Waals surface area contributed by atoms with Gasteiger partial charge in [0.05, 0.1) is 12.2 Å². The maximum atomic E-state index is 11.0. The number of carbonyl (C=O) groups excluding carboxylic acids is 1. The van der Waals surface area contributed by atoms with Crippen LogP contribution < -0.4 is 0 Å². The van der Waals surface area contributed by atoms with Crippen LogP contribution in [-0.2, 0) is 9.53 Å². The minimum atomic E-state index is -0.102. The molecule has 0 atom stereocenters. The van der Waals surface area contributed by atoms with E-state index in [9.17, 15) is 4.79 Å². The van der Waals surface area contributed by atoms with Crippen LogP contribution in [0.4, 0.5) is 0 Å². The molecule has 0 aromatic heterocycles. The summed E-state index contributed by atoms with van der Waals surface area (Å²) < 4.78 is 4.80. The van der Waals surface area contributed by atoms with Gasteiger partial charge in [0.1, 0.15) is 0 Å². The molecular weight excluding hydrogens is 140 g/mol. The number of rotatable bonds is 3. The maximum absolute atomic E-state index is 11.0. The average molecular weight is 152 g/mol. The maximum Gasteiger partial charge on any atom is 0.313 e. The Balaban J connectivity index is 2.19. The zero-order valence-corrected chi connectivity index (χ0v) is 6.45. The molecule has 1 aliphatic carbocycles. The fraction of sp³-hybridized carbons (Fsp3) is 0.444. The van der Waals surface area contributed by atoms with E-state index in [1.807, 2.05) is 0 Å². The third-order valence-electron chi connectivity index (χ3n) is 1.84. The second-order valence-electron chi connectivity index (χ2n) is 2.63. The van der Waals surface area contributed by atoms with Crippen molar-refractivity contribution in [3.63, 3.8) is 0 Å². The Labute approximate surface area is 66.5 Å². The highest BCUT2D eigenvalue weighted by Gasteiger charge is 2.25. The van der Waals surface area contributed by atoms with E-state index in [-0.39, 0.29) is 11.9 Å². The van der Waals surface area contributed by atoms with Crippen LogP contribution in [0.5, 0.6) is 0 Å². The van der Waals surface area contributed by atoms with Crippen molar-refractivity contribution in [1.82, 2.24) is 0 Å². The van der Waals surface area contributed by atoms with Crippen molar-refractivity contribution in [3.05, 3.63) is 25.0 Å². The topological polar surface area (TPSA) is 26.3 Å². The lowest BCUT2D eigenvalue weighted by Crippen LogP contribution is -2.22. The highest BCUT2D eigenvalue weighted by Crippen LogP contribution is 2.27. The van der Waals surface area contributed by atoms with Crippen LogP contribution in [0.1, 0.15) is 19.3 Å². The molecule has 0 unspecified atom stereocenters. The summed E-state index contributed by atoms with van der Waals surface area (Å²) in [6, 6.07) is 0. The van der Waals surface area contributed by atoms with Gasteiger partial charge in [-0.2, -0.15) is 0 Å². The van der Waals surface area contributed by atoms with Gasteiger partial charge in [0, 0.05) is 0 Å². The minimum absolute atomic E-state index is 0.102. The number of hydrogen-bond donors (Lipinski definition) is 0. The fourth-order valence-electron chi connectivity index (χ4n) is 0.902. The Bertz CT molecular complexity index is 178. The normalized spacial score (nSPS) is 17.8. The van der Waals surface area contributed by atoms with Gasteiger partial charge >= 0.3 is 5.97 Å². The van der Waals surface area contributed by atoms with E-state index < -0.39 is 0 Å². The van der Waals surface area contributed by atoms with Crippen molar-refractivity contribution in [2.24, 2.45) is 5.92 Å². The lowest BCUT2D eigenvalue weighted by molar-refractivity contribution is -0.145. The molecule has 0 radical (unpaired) electrons. The highest BCUT2D eigenvalue weighted by molar-refractivity contribution is 5.73. The Kier molecular flexibility index (Phi) is 2.90. The quantitative estimate of drug-likeness (QED) is 0.351. The molecule has 0 N–H and O–H groups in total. The van der Waals surface area contributed by atoms with E-state index in [0.717, 1.165) is 19.3 Å². The summed E-state index contributed by atoms with van der Waals surface area (Å²) in [4.78, 5) is 11.0. The largest absolute Gasteiger partial charge is 0.434 e. The van der Waals surface area contributed by atoms with Crippen molar-refractivity contribution in [2.45, 2.75) is 19.3 Å². The first-order valence-electron chi connectivity index (χ1n) is 3.82. The van der Waals surface area contributed by atoms with E-state index >= 15 is 0 Å². The van der Waals surface area contributed by atoms with Crippen LogP contribution in [0.25, 0.3) is 0 Å². The zero-order chi connectivity index (χ0) is 8.10. The first kappa shape index (κ1) is 8.05. The number of ether oxygens (including phenoxy) is 1. The molecule has 0 heterocycles. The zero-order valence-electron chi connectivity index (χ0n) is 6.45. The summed E-state index contributed by atoms with van der Waals surface area (Å²) in [6.45, 7) is 3.46. The van der Waals surface area contributed by atoms with Gasteiger partial charge in [0.15, 0.2) is 0 Å². The Morgan fingerprint density at radius 2 is 2.27 bits per heavy atom. The predicted octanol–water partition coefficient (Wildman–Crippen LogP) is 2.03. The molecule has 0 aliphatic heterocycles. The molecule has 11 heavy (non-hydrogen) atoms. The molecular formula is C9H12O2. The third kappa shape index (κ3) is 2.22. The molecule has 0 saturated heterocycles. The van der Waals surface area contributed by atoms with Crippen molar-refractivity contribution in [3.8, 4) is 0 Å². The summed E-state index contributed by atoms with van der Waals surface area (Å²) in [5, 5.41) is 0. The Morgan fingerprint density at radius 3 is 2.73 bits per heavy atom. The molecule has 1 saturated carbocycles. The lowest BCUT2D eigenvalue weighted by Gasteiger charge is -2.21. The van der Waals surface area contributed by atoms with Crippen molar-refractivity contribution in [1.29, 1.82) is 0 Å². The first-order valence-corrected chi connectivity index (χ1v) is 3.82. The number of esters is 1.